The monoisotopic (exact) mass is 382 g/mol. The number of benzene rings is 1. The van der Waals surface area contributed by atoms with Crippen LogP contribution in [0.15, 0.2) is 78.2 Å². The molecule has 7 nitrogen and oxygen atoms in total. The number of pyridine rings is 2. The van der Waals surface area contributed by atoms with Crippen LogP contribution < -0.4 is 10.0 Å². The number of nitrogens with one attached hydrogen (secondary N) is 2. The van der Waals surface area contributed by atoms with E-state index >= 15 is 0 Å². The van der Waals surface area contributed by atoms with Gasteiger partial charge in [0.1, 0.15) is 0 Å². The van der Waals surface area contributed by atoms with Gasteiger partial charge < -0.3 is 5.32 Å². The molecule has 1 amide bonds. The zero-order valence-electron chi connectivity index (χ0n) is 14.4. The number of nitrogens with zero attached hydrogens (tertiary/aromatic N) is 2. The summed E-state index contributed by atoms with van der Waals surface area (Å²) >= 11 is 0. The number of hydrogen-bond donors (Lipinski definition) is 2. The molecule has 138 valence electrons. The van der Waals surface area contributed by atoms with Crippen molar-refractivity contribution in [3.63, 3.8) is 0 Å². The van der Waals surface area contributed by atoms with Gasteiger partial charge >= 0.3 is 0 Å². The first kappa shape index (κ1) is 18.5. The van der Waals surface area contributed by atoms with Crippen molar-refractivity contribution in [2.75, 3.05) is 11.3 Å². The quantitative estimate of drug-likeness (QED) is 0.653. The maximum atomic E-state index is 12.4. The summed E-state index contributed by atoms with van der Waals surface area (Å²) < 4.78 is 27.2. The van der Waals surface area contributed by atoms with E-state index in [4.69, 9.17) is 0 Å². The molecule has 0 saturated heterocycles. The molecule has 0 saturated carbocycles. The van der Waals surface area contributed by atoms with Gasteiger partial charge in [-0.2, -0.15) is 0 Å². The first-order valence-corrected chi connectivity index (χ1v) is 9.73. The Labute approximate surface area is 157 Å². The van der Waals surface area contributed by atoms with Crippen LogP contribution in [-0.2, 0) is 16.4 Å². The highest BCUT2D eigenvalue weighted by Crippen LogP contribution is 2.16. The van der Waals surface area contributed by atoms with Crippen molar-refractivity contribution in [2.45, 2.75) is 11.3 Å². The maximum Gasteiger partial charge on any atom is 0.261 e. The fraction of sp³-hybridized carbons (Fsp3) is 0.105. The molecule has 0 unspecified atom stereocenters. The van der Waals surface area contributed by atoms with Crippen molar-refractivity contribution >= 4 is 21.6 Å². The minimum atomic E-state index is -3.73. The Hall–Kier alpha value is -3.26. The minimum absolute atomic E-state index is 0.0752. The molecule has 0 spiro atoms. The SMILES string of the molecule is O=C(NCCc1cccnc1)c1ccc(S(=O)(=O)Nc2ccncc2)cc1. The summed E-state index contributed by atoms with van der Waals surface area (Å²) in [5, 5.41) is 2.81. The van der Waals surface area contributed by atoms with Gasteiger partial charge in [-0.3, -0.25) is 19.5 Å². The third-order valence-electron chi connectivity index (χ3n) is 3.78. The van der Waals surface area contributed by atoms with Crippen LogP contribution in [0.3, 0.4) is 0 Å². The molecule has 8 heteroatoms. The predicted octanol–water partition coefficient (Wildman–Crippen LogP) is 2.25. The van der Waals surface area contributed by atoms with Crippen LogP contribution in [0.25, 0.3) is 0 Å². The highest BCUT2D eigenvalue weighted by atomic mass is 32.2. The smallest absolute Gasteiger partial charge is 0.261 e. The average Bonchev–Trinajstić information content (AvgIpc) is 2.69. The Balaban J connectivity index is 1.60. The molecule has 0 atom stereocenters. The number of hydrogen-bond acceptors (Lipinski definition) is 5. The maximum absolute atomic E-state index is 12.4. The Kier molecular flexibility index (Phi) is 5.77. The molecule has 0 aliphatic rings. The minimum Gasteiger partial charge on any atom is -0.352 e. The van der Waals surface area contributed by atoms with Crippen LogP contribution in [0.2, 0.25) is 0 Å². The standard InChI is InChI=1S/C19H18N4O3S/c24-19(22-13-7-15-2-1-10-21-14-15)16-3-5-18(6-4-16)27(25,26)23-17-8-11-20-12-9-17/h1-6,8-12,14H,7,13H2,(H,20,23)(H,22,24). The summed E-state index contributed by atoms with van der Waals surface area (Å²) in [6.45, 7) is 0.466. The van der Waals surface area contributed by atoms with Crippen molar-refractivity contribution in [3.8, 4) is 0 Å². The van der Waals surface area contributed by atoms with Crippen molar-refractivity contribution in [2.24, 2.45) is 0 Å². The van der Waals surface area contributed by atoms with Crippen LogP contribution in [0.5, 0.6) is 0 Å². The van der Waals surface area contributed by atoms with E-state index in [9.17, 15) is 13.2 Å². The van der Waals surface area contributed by atoms with Gasteiger partial charge in [0, 0.05) is 36.9 Å². The lowest BCUT2D eigenvalue weighted by Gasteiger charge is -2.09. The van der Waals surface area contributed by atoms with Gasteiger partial charge in [-0.05, 0) is 54.4 Å². The van der Waals surface area contributed by atoms with Crippen molar-refractivity contribution < 1.29 is 13.2 Å². The molecule has 3 aromatic rings. The molecule has 2 heterocycles. The van der Waals surface area contributed by atoms with Gasteiger partial charge in [-0.1, -0.05) is 6.07 Å². The zero-order chi connectivity index (χ0) is 19.1. The second-order valence-electron chi connectivity index (χ2n) is 5.73. The Morgan fingerprint density at radius 3 is 2.33 bits per heavy atom. The summed E-state index contributed by atoms with van der Waals surface area (Å²) in [4.78, 5) is 20.1. The van der Waals surface area contributed by atoms with E-state index < -0.39 is 10.0 Å². The topological polar surface area (TPSA) is 101 Å². The lowest BCUT2D eigenvalue weighted by molar-refractivity contribution is 0.0954. The summed E-state index contributed by atoms with van der Waals surface area (Å²) in [7, 11) is -3.73. The summed E-state index contributed by atoms with van der Waals surface area (Å²) in [5.41, 5.74) is 1.84. The van der Waals surface area contributed by atoms with Crippen molar-refractivity contribution in [1.29, 1.82) is 0 Å². The highest BCUT2D eigenvalue weighted by Gasteiger charge is 2.15. The van der Waals surface area contributed by atoms with Crippen LogP contribution in [-0.4, -0.2) is 30.8 Å². The molecule has 0 radical (unpaired) electrons. The molecule has 2 aromatic heterocycles. The number of aromatic nitrogens is 2. The normalized spacial score (nSPS) is 11.0. The Bertz CT molecular complexity index is 992. The lowest BCUT2D eigenvalue weighted by Crippen LogP contribution is -2.25. The molecule has 0 fully saturated rings. The van der Waals surface area contributed by atoms with Crippen LogP contribution >= 0.6 is 0 Å². The summed E-state index contributed by atoms with van der Waals surface area (Å²) in [6.07, 6.45) is 7.11. The van der Waals surface area contributed by atoms with E-state index in [1.807, 2.05) is 12.1 Å². The van der Waals surface area contributed by atoms with Crippen molar-refractivity contribution in [3.05, 3.63) is 84.4 Å². The van der Waals surface area contributed by atoms with Crippen LogP contribution in [0.1, 0.15) is 15.9 Å². The molecule has 0 aliphatic heterocycles. The molecule has 0 aliphatic carbocycles. The van der Waals surface area contributed by atoms with E-state index in [-0.39, 0.29) is 10.8 Å². The highest BCUT2D eigenvalue weighted by molar-refractivity contribution is 7.92. The molecule has 27 heavy (non-hydrogen) atoms. The number of rotatable bonds is 7. The first-order chi connectivity index (χ1) is 13.0. The number of sulfonamides is 1. The lowest BCUT2D eigenvalue weighted by atomic mass is 10.2. The van der Waals surface area contributed by atoms with Gasteiger partial charge in [0.15, 0.2) is 0 Å². The van der Waals surface area contributed by atoms with E-state index in [1.165, 1.54) is 36.7 Å². The number of carbonyl (C=O) groups is 1. The fourth-order valence-corrected chi connectivity index (χ4v) is 3.45. The molecule has 0 bridgehead atoms. The number of carbonyl (C=O) groups excluding carboxylic acids is 1. The molecule has 2 N–H and O–H groups in total. The van der Waals surface area contributed by atoms with E-state index in [0.29, 0.717) is 24.2 Å². The Morgan fingerprint density at radius 2 is 1.67 bits per heavy atom. The molecular weight excluding hydrogens is 364 g/mol. The van der Waals surface area contributed by atoms with E-state index in [1.54, 1.807) is 24.5 Å². The predicted molar refractivity (Wildman–Crippen MR) is 102 cm³/mol. The molecule has 3 rings (SSSR count). The summed E-state index contributed by atoms with van der Waals surface area (Å²) in [6, 6.07) is 12.7. The van der Waals surface area contributed by atoms with Gasteiger partial charge in [0.05, 0.1) is 10.6 Å². The van der Waals surface area contributed by atoms with E-state index in [0.717, 1.165) is 5.56 Å². The fourth-order valence-electron chi connectivity index (χ4n) is 2.39. The van der Waals surface area contributed by atoms with Crippen LogP contribution in [0.4, 0.5) is 5.69 Å². The largest absolute Gasteiger partial charge is 0.352 e. The van der Waals surface area contributed by atoms with Crippen molar-refractivity contribution in [1.82, 2.24) is 15.3 Å². The van der Waals surface area contributed by atoms with E-state index in [2.05, 4.69) is 20.0 Å². The molecular formula is C19H18N4O3S. The van der Waals surface area contributed by atoms with Gasteiger partial charge in [-0.25, -0.2) is 8.42 Å². The van der Waals surface area contributed by atoms with Gasteiger partial charge in [-0.15, -0.1) is 0 Å². The third kappa shape index (κ3) is 5.11. The number of amides is 1. The second-order valence-corrected chi connectivity index (χ2v) is 7.42. The zero-order valence-corrected chi connectivity index (χ0v) is 15.2. The second kappa shape index (κ2) is 8.41. The van der Waals surface area contributed by atoms with Gasteiger partial charge in [0.25, 0.3) is 15.9 Å². The molecule has 1 aromatic carbocycles. The Morgan fingerprint density at radius 1 is 0.926 bits per heavy atom. The third-order valence-corrected chi connectivity index (χ3v) is 5.18. The van der Waals surface area contributed by atoms with Gasteiger partial charge in [0.2, 0.25) is 0 Å². The van der Waals surface area contributed by atoms with Crippen LogP contribution in [0, 0.1) is 0 Å². The average molecular weight is 382 g/mol. The summed E-state index contributed by atoms with van der Waals surface area (Å²) in [5.74, 6) is -0.259. The number of anilines is 1. The first-order valence-electron chi connectivity index (χ1n) is 8.25.